The second kappa shape index (κ2) is 8.31. The number of anilines is 1. The molecule has 4 aromatic rings. The molecule has 0 unspecified atom stereocenters. The molecule has 0 radical (unpaired) electrons. The number of pyridine rings is 1. The number of hydrogen-bond donors (Lipinski definition) is 0. The first-order valence-electron chi connectivity index (χ1n) is 10.5. The van der Waals surface area contributed by atoms with E-state index in [0.717, 1.165) is 47.4 Å². The Morgan fingerprint density at radius 1 is 1.13 bits per heavy atom. The van der Waals surface area contributed by atoms with Crippen molar-refractivity contribution in [2.45, 2.75) is 19.8 Å². The molecule has 0 N–H and O–H groups in total. The fourth-order valence-electron chi connectivity index (χ4n) is 3.78. The largest absolute Gasteiger partial charge is 0.427 e. The predicted octanol–water partition coefficient (Wildman–Crippen LogP) is 3.49. The molecule has 158 valence electrons. The molecule has 1 aliphatic heterocycles. The number of aromatic nitrogens is 4. The van der Waals surface area contributed by atoms with Crippen LogP contribution in [0.5, 0.6) is 5.75 Å². The van der Waals surface area contributed by atoms with Gasteiger partial charge in [0, 0.05) is 31.3 Å². The maximum Gasteiger partial charge on any atom is 0.311 e. The van der Waals surface area contributed by atoms with Gasteiger partial charge in [0.2, 0.25) is 0 Å². The third-order valence-electron chi connectivity index (χ3n) is 5.27. The van der Waals surface area contributed by atoms with Crippen molar-refractivity contribution in [3.63, 3.8) is 0 Å². The maximum absolute atomic E-state index is 11.9. The van der Waals surface area contributed by atoms with Crippen LogP contribution in [0.4, 0.5) is 5.82 Å². The van der Waals surface area contributed by atoms with E-state index in [1.54, 1.807) is 12.3 Å². The van der Waals surface area contributed by atoms with Gasteiger partial charge in [0.05, 0.1) is 24.2 Å². The highest BCUT2D eigenvalue weighted by Crippen LogP contribution is 2.29. The first-order chi connectivity index (χ1) is 15.2. The number of rotatable bonds is 5. The summed E-state index contributed by atoms with van der Waals surface area (Å²) in [6.45, 7) is 4.79. The molecule has 0 atom stereocenters. The maximum atomic E-state index is 11.9. The van der Waals surface area contributed by atoms with Gasteiger partial charge in [0.25, 0.3) is 0 Å². The van der Waals surface area contributed by atoms with Crippen LogP contribution in [0.1, 0.15) is 19.8 Å². The Hall–Kier alpha value is -3.52. The number of fused-ring (bicyclic) bond motifs is 3. The number of nitrogens with zero attached hydrogens (tertiary/aromatic N) is 5. The number of hydrogen-bond acceptors (Lipinski definition) is 7. The lowest BCUT2D eigenvalue weighted by Crippen LogP contribution is -2.37. The van der Waals surface area contributed by atoms with E-state index in [2.05, 4.69) is 9.88 Å². The van der Waals surface area contributed by atoms with Crippen molar-refractivity contribution in [1.82, 2.24) is 19.6 Å². The van der Waals surface area contributed by atoms with E-state index in [-0.39, 0.29) is 5.97 Å². The minimum Gasteiger partial charge on any atom is -0.427 e. The van der Waals surface area contributed by atoms with Crippen LogP contribution in [-0.2, 0) is 9.53 Å². The summed E-state index contributed by atoms with van der Waals surface area (Å²) in [6.07, 6.45) is 2.91. The van der Waals surface area contributed by atoms with E-state index in [1.807, 2.05) is 47.8 Å². The Morgan fingerprint density at radius 3 is 2.84 bits per heavy atom. The van der Waals surface area contributed by atoms with Crippen LogP contribution in [0.15, 0.2) is 48.7 Å². The van der Waals surface area contributed by atoms with Gasteiger partial charge in [-0.1, -0.05) is 19.1 Å². The lowest BCUT2D eigenvalue weighted by molar-refractivity contribution is -0.134. The van der Waals surface area contributed by atoms with Crippen molar-refractivity contribution in [1.29, 1.82) is 0 Å². The molecule has 1 saturated heterocycles. The van der Waals surface area contributed by atoms with E-state index < -0.39 is 0 Å². The number of morpholine rings is 1. The summed E-state index contributed by atoms with van der Waals surface area (Å²) in [6, 6.07) is 13.3. The summed E-state index contributed by atoms with van der Waals surface area (Å²) in [7, 11) is 0. The number of ether oxygens (including phenoxy) is 2. The molecule has 0 saturated carbocycles. The minimum absolute atomic E-state index is 0.243. The SMILES string of the molecule is CCCC(=O)Oc1cccc(-c2nc(N3CCOCC3)c3cc4ncccc4n3n2)c1. The number of esters is 1. The molecule has 8 nitrogen and oxygen atoms in total. The Balaban J connectivity index is 1.63. The molecular weight excluding hydrogens is 394 g/mol. The van der Waals surface area contributed by atoms with Gasteiger partial charge in [0.1, 0.15) is 11.3 Å². The van der Waals surface area contributed by atoms with Crippen molar-refractivity contribution in [3.8, 4) is 17.1 Å². The summed E-state index contributed by atoms with van der Waals surface area (Å²) in [5.74, 6) is 1.66. The Labute approximate surface area is 179 Å². The molecule has 5 rings (SSSR count). The highest BCUT2D eigenvalue weighted by atomic mass is 16.5. The van der Waals surface area contributed by atoms with Gasteiger partial charge in [-0.05, 0) is 36.8 Å². The predicted molar refractivity (Wildman–Crippen MR) is 117 cm³/mol. The van der Waals surface area contributed by atoms with Gasteiger partial charge in [-0.2, -0.15) is 0 Å². The second-order valence-electron chi connectivity index (χ2n) is 7.46. The lowest BCUT2D eigenvalue weighted by Gasteiger charge is -2.28. The summed E-state index contributed by atoms with van der Waals surface area (Å²) < 4.78 is 12.9. The molecule has 1 fully saturated rings. The quantitative estimate of drug-likeness (QED) is 0.363. The third-order valence-corrected chi connectivity index (χ3v) is 5.27. The Kier molecular flexibility index (Phi) is 5.21. The van der Waals surface area contributed by atoms with E-state index in [1.165, 1.54) is 0 Å². The molecule has 0 spiro atoms. The van der Waals surface area contributed by atoms with E-state index >= 15 is 0 Å². The summed E-state index contributed by atoms with van der Waals surface area (Å²) >= 11 is 0. The van der Waals surface area contributed by atoms with Crippen molar-refractivity contribution in [2.75, 3.05) is 31.2 Å². The first-order valence-corrected chi connectivity index (χ1v) is 10.5. The Bertz CT molecular complexity index is 1250. The fourth-order valence-corrected chi connectivity index (χ4v) is 3.78. The minimum atomic E-state index is -0.243. The zero-order valence-corrected chi connectivity index (χ0v) is 17.3. The van der Waals surface area contributed by atoms with Gasteiger partial charge in [-0.15, -0.1) is 5.10 Å². The molecule has 31 heavy (non-hydrogen) atoms. The molecule has 3 aromatic heterocycles. The van der Waals surface area contributed by atoms with Crippen LogP contribution < -0.4 is 9.64 Å². The van der Waals surface area contributed by atoms with Gasteiger partial charge in [-0.25, -0.2) is 9.50 Å². The molecule has 0 aliphatic carbocycles. The highest BCUT2D eigenvalue weighted by molar-refractivity contribution is 5.88. The van der Waals surface area contributed by atoms with E-state index in [4.69, 9.17) is 19.6 Å². The van der Waals surface area contributed by atoms with Gasteiger partial charge in [0.15, 0.2) is 11.6 Å². The second-order valence-corrected chi connectivity index (χ2v) is 7.46. The number of carbonyl (C=O) groups excluding carboxylic acids is 1. The topological polar surface area (TPSA) is 81.8 Å². The van der Waals surface area contributed by atoms with Gasteiger partial charge >= 0.3 is 5.97 Å². The first kappa shape index (κ1) is 19.4. The molecule has 1 aromatic carbocycles. The van der Waals surface area contributed by atoms with Crippen molar-refractivity contribution < 1.29 is 14.3 Å². The van der Waals surface area contributed by atoms with Crippen molar-refractivity contribution >= 4 is 28.3 Å². The smallest absolute Gasteiger partial charge is 0.311 e. The van der Waals surface area contributed by atoms with Crippen LogP contribution >= 0.6 is 0 Å². The summed E-state index contributed by atoms with van der Waals surface area (Å²) in [4.78, 5) is 23.5. The Morgan fingerprint density at radius 2 is 2.00 bits per heavy atom. The summed E-state index contributed by atoms with van der Waals surface area (Å²) in [5.41, 5.74) is 3.47. The van der Waals surface area contributed by atoms with Gasteiger partial charge in [-0.3, -0.25) is 9.78 Å². The van der Waals surface area contributed by atoms with Crippen LogP contribution in [-0.4, -0.2) is 51.9 Å². The van der Waals surface area contributed by atoms with E-state index in [0.29, 0.717) is 31.2 Å². The standard InChI is InChI=1S/C23H23N5O3/c1-2-5-21(29)31-17-7-3-6-16(14-17)22-25-23(27-10-12-30-13-11-27)20-15-18-19(28(20)26-22)8-4-9-24-18/h3-4,6-9,14-15H,2,5,10-13H2,1H3. The van der Waals surface area contributed by atoms with Crippen LogP contribution in [0.25, 0.3) is 27.9 Å². The molecule has 4 heterocycles. The average molecular weight is 417 g/mol. The fraction of sp³-hybridized carbons (Fsp3) is 0.304. The number of benzene rings is 1. The van der Waals surface area contributed by atoms with E-state index in [9.17, 15) is 4.79 Å². The molecule has 0 bridgehead atoms. The molecule has 1 aliphatic rings. The summed E-state index contributed by atoms with van der Waals surface area (Å²) in [5, 5.41) is 4.81. The van der Waals surface area contributed by atoms with Crippen LogP contribution in [0, 0.1) is 0 Å². The van der Waals surface area contributed by atoms with Crippen molar-refractivity contribution in [2.24, 2.45) is 0 Å². The normalized spacial score (nSPS) is 14.3. The molecule has 0 amide bonds. The zero-order chi connectivity index (χ0) is 21.2. The third kappa shape index (κ3) is 3.82. The highest BCUT2D eigenvalue weighted by Gasteiger charge is 2.20. The number of carbonyl (C=O) groups is 1. The lowest BCUT2D eigenvalue weighted by atomic mass is 10.2. The van der Waals surface area contributed by atoms with Crippen LogP contribution in [0.3, 0.4) is 0 Å². The van der Waals surface area contributed by atoms with Crippen molar-refractivity contribution in [3.05, 3.63) is 48.7 Å². The molecular formula is C23H23N5O3. The monoisotopic (exact) mass is 417 g/mol. The van der Waals surface area contributed by atoms with Gasteiger partial charge < -0.3 is 14.4 Å². The van der Waals surface area contributed by atoms with Crippen LogP contribution in [0.2, 0.25) is 0 Å². The zero-order valence-electron chi connectivity index (χ0n) is 17.3. The molecule has 8 heteroatoms. The average Bonchev–Trinajstić information content (AvgIpc) is 3.18.